The topological polar surface area (TPSA) is 133 Å². The van der Waals surface area contributed by atoms with Crippen LogP contribution in [0.4, 0.5) is 11.4 Å². The van der Waals surface area contributed by atoms with Crippen LogP contribution in [0.15, 0.2) is 77.7 Å². The molecule has 43 heavy (non-hydrogen) atoms. The fourth-order valence-electron chi connectivity index (χ4n) is 3.85. The van der Waals surface area contributed by atoms with Crippen molar-refractivity contribution in [1.29, 1.82) is 0 Å². The summed E-state index contributed by atoms with van der Waals surface area (Å²) in [4.78, 5) is 50.3. The molecule has 4 aromatic rings. The quantitative estimate of drug-likeness (QED) is 0.0779. The summed E-state index contributed by atoms with van der Waals surface area (Å²) in [5.41, 5.74) is -0.00816. The van der Waals surface area contributed by atoms with Gasteiger partial charge in [-0.15, -0.1) is 11.8 Å². The van der Waals surface area contributed by atoms with Gasteiger partial charge >= 0.3 is 11.9 Å². The van der Waals surface area contributed by atoms with Gasteiger partial charge in [0.15, 0.2) is 0 Å². The van der Waals surface area contributed by atoms with Crippen molar-refractivity contribution in [2.45, 2.75) is 10.1 Å². The van der Waals surface area contributed by atoms with Crippen LogP contribution < -0.4 is 10.6 Å². The molecule has 0 aliphatic rings. The normalized spacial score (nSPS) is 11.5. The van der Waals surface area contributed by atoms with Gasteiger partial charge in [-0.3, -0.25) is 9.59 Å². The number of halogens is 5. The Kier molecular flexibility index (Phi) is 10.5. The fourth-order valence-corrected chi connectivity index (χ4v) is 6.05. The zero-order valence-electron chi connectivity index (χ0n) is 21.3. The van der Waals surface area contributed by atoms with Gasteiger partial charge in [-0.25, -0.2) is 9.59 Å². The maximum absolute atomic E-state index is 13.4. The van der Waals surface area contributed by atoms with Crippen molar-refractivity contribution in [3.63, 3.8) is 0 Å². The van der Waals surface area contributed by atoms with Gasteiger partial charge in [-0.1, -0.05) is 88.3 Å². The third-order valence-corrected chi connectivity index (χ3v) is 9.28. The smallest absolute Gasteiger partial charge is 0.338 e. The average Bonchev–Trinajstić information content (AvgIpc) is 2.98. The summed E-state index contributed by atoms with van der Waals surface area (Å²) in [6.45, 7) is 0. The number of aromatic carboxylic acids is 2. The zero-order valence-corrected chi connectivity index (χ0v) is 25.9. The molecule has 1 unspecified atom stereocenters. The van der Waals surface area contributed by atoms with Crippen LogP contribution >= 0.6 is 69.8 Å². The van der Waals surface area contributed by atoms with Crippen LogP contribution in [0, 0.1) is 0 Å². The maximum Gasteiger partial charge on any atom is 0.338 e. The molecule has 0 aliphatic carbocycles. The lowest BCUT2D eigenvalue weighted by Crippen LogP contribution is -2.19. The number of carboxylic acid groups (broad SMARTS) is 2. The van der Waals surface area contributed by atoms with E-state index in [9.17, 15) is 29.4 Å². The molecule has 4 rings (SSSR count). The molecular weight excluding hydrogens is 682 g/mol. The molecule has 1 atom stereocenters. The van der Waals surface area contributed by atoms with E-state index in [4.69, 9.17) is 58.0 Å². The number of carbonyl (C=O) groups excluding carboxylic acids is 2. The molecule has 0 spiro atoms. The predicted molar refractivity (Wildman–Crippen MR) is 170 cm³/mol. The van der Waals surface area contributed by atoms with E-state index >= 15 is 0 Å². The lowest BCUT2D eigenvalue weighted by Gasteiger charge is -2.18. The first-order valence-electron chi connectivity index (χ1n) is 11.9. The van der Waals surface area contributed by atoms with E-state index in [0.29, 0.717) is 10.5 Å². The molecule has 14 heteroatoms. The number of carbonyl (C=O) groups is 4. The molecule has 0 saturated carbocycles. The molecule has 8 nitrogen and oxygen atoms in total. The first-order chi connectivity index (χ1) is 20.4. The van der Waals surface area contributed by atoms with Gasteiger partial charge in [0.05, 0.1) is 47.5 Å². The Hall–Kier alpha value is -3.44. The minimum atomic E-state index is -1.52. The van der Waals surface area contributed by atoms with Crippen LogP contribution in [-0.2, 0) is 4.79 Å². The van der Waals surface area contributed by atoms with Crippen molar-refractivity contribution in [3.8, 4) is 0 Å². The van der Waals surface area contributed by atoms with E-state index in [1.165, 1.54) is 30.0 Å². The molecule has 220 valence electrons. The number of rotatable bonds is 9. The van der Waals surface area contributed by atoms with E-state index in [2.05, 4.69) is 10.6 Å². The summed E-state index contributed by atoms with van der Waals surface area (Å²) in [6, 6.07) is 19.3. The molecule has 4 aromatic carbocycles. The Bertz CT molecular complexity index is 1750. The number of carboxylic acids is 2. The van der Waals surface area contributed by atoms with Crippen LogP contribution in [0.1, 0.15) is 41.9 Å². The second kappa shape index (κ2) is 13.9. The van der Waals surface area contributed by atoms with Crippen molar-refractivity contribution in [1.82, 2.24) is 0 Å². The van der Waals surface area contributed by atoms with Crippen LogP contribution in [0.2, 0.25) is 25.1 Å². The first kappa shape index (κ1) is 32.5. The average molecular weight is 699 g/mol. The highest BCUT2D eigenvalue weighted by molar-refractivity contribution is 8.00. The molecule has 0 heterocycles. The highest BCUT2D eigenvalue weighted by Crippen LogP contribution is 2.42. The highest BCUT2D eigenvalue weighted by atomic mass is 35.5. The van der Waals surface area contributed by atoms with Crippen molar-refractivity contribution in [2.75, 3.05) is 10.6 Å². The molecule has 0 radical (unpaired) electrons. The third kappa shape index (κ3) is 7.38. The van der Waals surface area contributed by atoms with Gasteiger partial charge in [0.25, 0.3) is 5.91 Å². The Morgan fingerprint density at radius 2 is 1.28 bits per heavy atom. The maximum atomic E-state index is 13.4. The standard InChI is InChI=1S/C29H17Cl5N2O6S/c30-17-11-6-14(28(39)40)12-18(17)36-27(38)25(13-4-2-1-3-5-13)43-16-9-7-15(8-10-16)35-26(37)19-20(29(41)42)22(32)24(34)23(33)21(19)31/h1-12,25H,(H,35,37)(H,36,38)(H,39,40)(H,41,42). The number of thioether (sulfide) groups is 1. The summed E-state index contributed by atoms with van der Waals surface area (Å²) in [6.07, 6.45) is 0. The van der Waals surface area contributed by atoms with Gasteiger partial charge in [-0.05, 0) is 48.0 Å². The Labute approximate surface area is 273 Å². The monoisotopic (exact) mass is 696 g/mol. The van der Waals surface area contributed by atoms with Gasteiger partial charge in [-0.2, -0.15) is 0 Å². The number of anilines is 2. The summed E-state index contributed by atoms with van der Waals surface area (Å²) in [5, 5.41) is 22.2. The van der Waals surface area contributed by atoms with E-state index in [0.717, 1.165) is 0 Å². The van der Waals surface area contributed by atoms with Gasteiger partial charge in [0.1, 0.15) is 5.25 Å². The van der Waals surface area contributed by atoms with Crippen molar-refractivity contribution >= 4 is 105 Å². The molecule has 2 amide bonds. The summed E-state index contributed by atoms with van der Waals surface area (Å²) < 4.78 is 0. The number of hydrogen-bond acceptors (Lipinski definition) is 5. The van der Waals surface area contributed by atoms with Crippen LogP contribution in [0.5, 0.6) is 0 Å². The highest BCUT2D eigenvalue weighted by Gasteiger charge is 2.29. The van der Waals surface area contributed by atoms with Crippen molar-refractivity contribution in [2.24, 2.45) is 0 Å². The second-order valence-corrected chi connectivity index (χ2v) is 11.8. The summed E-state index contributed by atoms with van der Waals surface area (Å²) >= 11 is 31.6. The molecular formula is C29H17Cl5N2O6S. The van der Waals surface area contributed by atoms with E-state index in [1.807, 2.05) is 0 Å². The Morgan fingerprint density at radius 3 is 1.86 bits per heavy atom. The van der Waals surface area contributed by atoms with Crippen LogP contribution in [0.3, 0.4) is 0 Å². The SMILES string of the molecule is O=C(O)c1ccc(Cl)c(NC(=O)C(Sc2ccc(NC(=O)c3c(Cl)c(Cl)c(Cl)c(Cl)c3C(=O)O)cc2)c2ccccc2)c1. The molecule has 0 saturated heterocycles. The van der Waals surface area contributed by atoms with E-state index in [1.54, 1.807) is 54.6 Å². The van der Waals surface area contributed by atoms with Crippen LogP contribution in [-0.4, -0.2) is 34.0 Å². The number of amides is 2. The Morgan fingerprint density at radius 1 is 0.674 bits per heavy atom. The molecule has 0 aromatic heterocycles. The van der Waals surface area contributed by atoms with E-state index in [-0.39, 0.29) is 37.0 Å². The second-order valence-electron chi connectivity index (χ2n) is 8.69. The molecule has 4 N–H and O–H groups in total. The van der Waals surface area contributed by atoms with Crippen molar-refractivity contribution < 1.29 is 29.4 Å². The predicted octanol–water partition coefficient (Wildman–Crippen LogP) is 9.07. The number of benzene rings is 4. The van der Waals surface area contributed by atoms with Crippen molar-refractivity contribution in [3.05, 3.63) is 120 Å². The molecule has 0 bridgehead atoms. The van der Waals surface area contributed by atoms with Gasteiger partial charge in [0, 0.05) is 10.6 Å². The summed E-state index contributed by atoms with van der Waals surface area (Å²) in [7, 11) is 0. The minimum absolute atomic E-state index is 0.0406. The summed E-state index contributed by atoms with van der Waals surface area (Å²) in [5.74, 6) is -4.03. The third-order valence-electron chi connectivity index (χ3n) is 5.89. The fraction of sp³-hybridized carbons (Fsp3) is 0.0345. The Balaban J connectivity index is 1.58. The lowest BCUT2D eigenvalue weighted by molar-refractivity contribution is -0.115. The number of nitrogens with one attached hydrogen (secondary N) is 2. The lowest BCUT2D eigenvalue weighted by atomic mass is 10.1. The van der Waals surface area contributed by atoms with E-state index < -0.39 is 45.2 Å². The van der Waals surface area contributed by atoms with Gasteiger partial charge in [0.2, 0.25) is 5.91 Å². The molecule has 0 aliphatic heterocycles. The minimum Gasteiger partial charge on any atom is -0.478 e. The molecule has 0 fully saturated rings. The number of hydrogen-bond donors (Lipinski definition) is 4. The largest absolute Gasteiger partial charge is 0.478 e. The first-order valence-corrected chi connectivity index (χ1v) is 14.7. The van der Waals surface area contributed by atoms with Crippen LogP contribution in [0.25, 0.3) is 0 Å². The van der Waals surface area contributed by atoms with Gasteiger partial charge < -0.3 is 20.8 Å². The zero-order chi connectivity index (χ0) is 31.4.